The third-order valence-electron chi connectivity index (χ3n) is 6.93. The Bertz CT molecular complexity index is 1780. The smallest absolute Gasteiger partial charge is 0.543 e. The number of aromatic nitrogens is 2. The molecule has 0 bridgehead atoms. The number of phenolic OH excluding ortho intramolecular Hbond substituents is 1. The predicted octanol–water partition coefficient (Wildman–Crippen LogP) is -3.73. The average Bonchev–Trinajstić information content (AvgIpc) is 3.55. The zero-order valence-electron chi connectivity index (χ0n) is 26.3. The Kier molecular flexibility index (Phi) is 13.0. The van der Waals surface area contributed by atoms with Crippen LogP contribution < -0.4 is 66.9 Å². The number of aromatic hydroxyl groups is 1. The van der Waals surface area contributed by atoms with Gasteiger partial charge in [-0.2, -0.15) is 0 Å². The number of phenols is 1. The maximum absolute atomic E-state index is 13.6. The maximum atomic E-state index is 13.6. The maximum Gasteiger partial charge on any atom is 1.00 e. The van der Waals surface area contributed by atoms with Gasteiger partial charge in [0.1, 0.15) is 28.9 Å². The number of hydrogen-bond donors (Lipinski definition) is 7. The van der Waals surface area contributed by atoms with E-state index >= 15 is 0 Å². The first-order chi connectivity index (χ1) is 23.0. The number of β-lactam (4-membered cyclic amide) rings is 1. The van der Waals surface area contributed by atoms with Crippen LogP contribution in [0.25, 0.3) is 0 Å². The standard InChI is InChI=1S/C28H30N10O7S3.Na/c1-4-9-29-27-30-10-17(22(40)35-27)32-28(45)34-19(14-5-7-16(39)8-6-14)23(41)33-20-24(42)37-21(26(43)44)15(13-47-25(20)37)12-46-18-11-31-38(48-18)36(2)3;/h1,5-8,10-11,19-20,25,31,39H,9,12-13H2,2-3H3,(H,33,41)(H,43,44)(H2,32,34,45)(H2,29,30,35,40);/q;+1/p-1/t19-,20?,25-;/m1./s1. The molecule has 21 heteroatoms. The Morgan fingerprint density at radius 2 is 2.00 bits per heavy atom. The summed E-state index contributed by atoms with van der Waals surface area (Å²) < 4.78 is 2.68. The molecule has 49 heavy (non-hydrogen) atoms. The van der Waals surface area contributed by atoms with Crippen molar-refractivity contribution in [2.24, 2.45) is 0 Å². The van der Waals surface area contributed by atoms with Crippen molar-refractivity contribution in [2.45, 2.75) is 17.5 Å². The fourth-order valence-electron chi connectivity index (χ4n) is 4.65. The van der Waals surface area contributed by atoms with Gasteiger partial charge >= 0.3 is 35.6 Å². The number of terminal acetylenes is 1. The summed E-state index contributed by atoms with van der Waals surface area (Å²) in [6, 6.07) is 1.98. The second-order valence-electron chi connectivity index (χ2n) is 10.4. The monoisotopic (exact) mass is 736 g/mol. The van der Waals surface area contributed by atoms with Crippen molar-refractivity contribution in [2.75, 3.05) is 42.8 Å². The molecule has 252 valence electrons. The SMILES string of the molecule is C#CCNc1ncc(NC(=O)N[C@@H](C(=O)NC2C(=O)N3C(C(=O)[O-])=C(CSC4=CNN(N(C)C)S4)CS[C@H]23)c2ccc(O)cc2)c(=O)[nH]1.[Na+]. The molecule has 7 N–H and O–H groups in total. The minimum Gasteiger partial charge on any atom is -0.543 e. The molecule has 1 aromatic heterocycles. The quantitative estimate of drug-likeness (QED) is 0.0481. The molecule has 4 heterocycles. The Morgan fingerprint density at radius 1 is 1.27 bits per heavy atom. The summed E-state index contributed by atoms with van der Waals surface area (Å²) in [5.74, 6) is -0.0338. The fourth-order valence-corrected chi connectivity index (χ4v) is 7.96. The number of carbonyl (C=O) groups is 4. The summed E-state index contributed by atoms with van der Waals surface area (Å²) in [6.07, 6.45) is 8.07. The number of urea groups is 1. The van der Waals surface area contributed by atoms with Crippen molar-refractivity contribution in [3.63, 3.8) is 0 Å². The zero-order valence-corrected chi connectivity index (χ0v) is 30.8. The van der Waals surface area contributed by atoms with Crippen LogP contribution in [0.15, 0.2) is 57.0 Å². The summed E-state index contributed by atoms with van der Waals surface area (Å²) in [4.78, 5) is 72.0. The number of amides is 4. The van der Waals surface area contributed by atoms with Crippen molar-refractivity contribution in [1.29, 1.82) is 0 Å². The first kappa shape index (κ1) is 38.0. The molecule has 1 fully saturated rings. The number of carboxylic acids is 1. The summed E-state index contributed by atoms with van der Waals surface area (Å²) >= 11 is 4.12. The molecule has 5 rings (SSSR count). The van der Waals surface area contributed by atoms with Gasteiger partial charge in [-0.1, -0.05) is 22.6 Å². The third kappa shape index (κ3) is 8.87. The van der Waals surface area contributed by atoms with E-state index in [1.807, 2.05) is 19.1 Å². The van der Waals surface area contributed by atoms with Gasteiger partial charge in [-0.25, -0.2) is 14.8 Å². The van der Waals surface area contributed by atoms with E-state index in [-0.39, 0.29) is 70.5 Å². The number of carboxylic acid groups (broad SMARTS) is 1. The molecule has 3 atom stereocenters. The summed E-state index contributed by atoms with van der Waals surface area (Å²) in [7, 11) is 3.72. The van der Waals surface area contributed by atoms with Gasteiger partial charge in [-0.05, 0) is 23.3 Å². The molecule has 1 aromatic carbocycles. The molecule has 4 amide bonds. The number of H-pyrrole nitrogens is 1. The number of carbonyl (C=O) groups excluding carboxylic acids is 4. The topological polar surface area (TPSA) is 227 Å². The van der Waals surface area contributed by atoms with Crippen LogP contribution >= 0.6 is 35.5 Å². The molecular formula is C28H29N10NaO7S3. The number of nitrogens with zero attached hydrogens (tertiary/aromatic N) is 4. The molecule has 0 aliphatic carbocycles. The first-order valence-corrected chi connectivity index (χ1v) is 16.8. The average molecular weight is 737 g/mol. The van der Waals surface area contributed by atoms with Crippen molar-refractivity contribution in [3.8, 4) is 18.1 Å². The Hall–Kier alpha value is -3.81. The number of benzene rings is 1. The summed E-state index contributed by atoms with van der Waals surface area (Å²) in [5, 5.41) is 33.2. The largest absolute Gasteiger partial charge is 1.00 e. The molecule has 0 spiro atoms. The fraction of sp³-hybridized carbons (Fsp3) is 0.286. The number of fused-ring (bicyclic) bond motifs is 1. The normalized spacial score (nSPS) is 18.9. The minimum atomic E-state index is -1.50. The van der Waals surface area contributed by atoms with E-state index < -0.39 is 46.8 Å². The van der Waals surface area contributed by atoms with Crippen LogP contribution in [0.4, 0.5) is 16.4 Å². The van der Waals surface area contributed by atoms with Crippen LogP contribution in [0.5, 0.6) is 5.75 Å². The van der Waals surface area contributed by atoms with E-state index in [2.05, 4.69) is 42.6 Å². The van der Waals surface area contributed by atoms with Gasteiger partial charge in [0.05, 0.1) is 28.6 Å². The van der Waals surface area contributed by atoms with Crippen molar-refractivity contribution in [3.05, 3.63) is 68.1 Å². The predicted molar refractivity (Wildman–Crippen MR) is 179 cm³/mol. The van der Waals surface area contributed by atoms with Gasteiger partial charge in [-0.15, -0.1) is 29.9 Å². The van der Waals surface area contributed by atoms with E-state index in [1.165, 1.54) is 59.7 Å². The molecule has 1 unspecified atom stereocenters. The molecular weight excluding hydrogens is 708 g/mol. The van der Waals surface area contributed by atoms with E-state index in [9.17, 15) is 34.2 Å². The summed E-state index contributed by atoms with van der Waals surface area (Å²) in [6.45, 7) is 0.108. The van der Waals surface area contributed by atoms with Crippen LogP contribution in [0.1, 0.15) is 11.6 Å². The van der Waals surface area contributed by atoms with Crippen molar-refractivity contribution >= 4 is 70.9 Å². The Morgan fingerprint density at radius 3 is 2.63 bits per heavy atom. The number of nitrogens with one attached hydrogen (secondary N) is 6. The second kappa shape index (κ2) is 16.7. The number of aromatic amines is 1. The van der Waals surface area contributed by atoms with Crippen LogP contribution in [0.2, 0.25) is 0 Å². The van der Waals surface area contributed by atoms with Gasteiger partial charge in [-0.3, -0.25) is 24.3 Å². The Balaban J connectivity index is 0.00000541. The second-order valence-corrected chi connectivity index (χ2v) is 13.7. The van der Waals surface area contributed by atoms with Gasteiger partial charge < -0.3 is 41.7 Å². The number of anilines is 2. The Labute approximate surface area is 314 Å². The molecule has 0 saturated carbocycles. The van der Waals surface area contributed by atoms with Gasteiger partial charge in [0.2, 0.25) is 11.9 Å². The number of thioether (sulfide) groups is 2. The van der Waals surface area contributed by atoms with Gasteiger partial charge in [0.25, 0.3) is 11.5 Å². The number of rotatable bonds is 12. The number of hydrogen-bond acceptors (Lipinski definition) is 15. The molecule has 3 aliphatic rings. The van der Waals surface area contributed by atoms with Crippen LogP contribution in [-0.4, -0.2) is 96.9 Å². The van der Waals surface area contributed by atoms with E-state index in [0.29, 0.717) is 11.3 Å². The van der Waals surface area contributed by atoms with Crippen LogP contribution in [0.3, 0.4) is 0 Å². The van der Waals surface area contributed by atoms with E-state index in [0.717, 1.165) is 15.3 Å². The summed E-state index contributed by atoms with van der Waals surface area (Å²) in [5.41, 5.74) is 2.67. The number of hydrazine groups is 2. The van der Waals surface area contributed by atoms with E-state index in [1.54, 1.807) is 10.7 Å². The van der Waals surface area contributed by atoms with Gasteiger partial charge in [0, 0.05) is 43.7 Å². The molecule has 3 aliphatic heterocycles. The van der Waals surface area contributed by atoms with Crippen molar-refractivity contribution < 1.29 is 58.9 Å². The molecule has 17 nitrogen and oxygen atoms in total. The first-order valence-electron chi connectivity index (χ1n) is 14.0. The minimum absolute atomic E-state index is 0. The van der Waals surface area contributed by atoms with Gasteiger partial charge in [0.15, 0.2) is 0 Å². The number of aliphatic carboxylic acids is 1. The molecule has 0 radical (unpaired) electrons. The van der Waals surface area contributed by atoms with Crippen molar-refractivity contribution in [1.82, 2.24) is 40.5 Å². The molecule has 2 aromatic rings. The van der Waals surface area contributed by atoms with Crippen LogP contribution in [0, 0.1) is 12.3 Å². The van der Waals surface area contributed by atoms with E-state index in [4.69, 9.17) is 6.42 Å². The third-order valence-corrected chi connectivity index (χ3v) is 10.6. The zero-order chi connectivity index (χ0) is 34.5. The molecule has 1 saturated heterocycles. The van der Waals surface area contributed by atoms with Crippen LogP contribution in [-0.2, 0) is 14.4 Å².